The summed E-state index contributed by atoms with van der Waals surface area (Å²) in [5.74, 6) is -0.320. The van der Waals surface area contributed by atoms with Gasteiger partial charge in [0.2, 0.25) is 0 Å². The Bertz CT molecular complexity index is 763. The Morgan fingerprint density at radius 1 is 1.00 bits per heavy atom. The maximum atomic E-state index is 12.1. The molecule has 0 aliphatic rings. The minimum Gasteiger partial charge on any atom is -0.494 e. The molecule has 0 radical (unpaired) electrons. The van der Waals surface area contributed by atoms with Gasteiger partial charge in [0.05, 0.1) is 12.2 Å². The van der Waals surface area contributed by atoms with Crippen molar-refractivity contribution in [2.45, 2.75) is 20.0 Å². The van der Waals surface area contributed by atoms with Gasteiger partial charge in [-0.3, -0.25) is 4.79 Å². The van der Waals surface area contributed by atoms with Gasteiger partial charge < -0.3 is 19.5 Å². The third-order valence-corrected chi connectivity index (χ3v) is 3.62. The van der Waals surface area contributed by atoms with Crippen molar-refractivity contribution in [2.24, 2.45) is 0 Å². The van der Waals surface area contributed by atoms with E-state index in [0.717, 1.165) is 5.56 Å². The predicted octanol–water partition coefficient (Wildman–Crippen LogP) is 3.20. The zero-order valence-corrected chi connectivity index (χ0v) is 15.3. The van der Waals surface area contributed by atoms with Crippen LogP contribution in [-0.2, 0) is 16.0 Å². The minimum absolute atomic E-state index is 0.0731. The van der Waals surface area contributed by atoms with Gasteiger partial charge in [-0.05, 0) is 55.3 Å². The number of ether oxygens (including phenoxy) is 3. The first-order valence-corrected chi connectivity index (χ1v) is 8.68. The topological polar surface area (TPSA) is 73.9 Å². The van der Waals surface area contributed by atoms with E-state index in [4.69, 9.17) is 9.47 Å². The molecule has 0 spiro atoms. The van der Waals surface area contributed by atoms with E-state index in [0.29, 0.717) is 30.9 Å². The highest BCUT2D eigenvalue weighted by Crippen LogP contribution is 2.15. The Morgan fingerprint density at radius 2 is 1.64 bits per heavy atom. The summed E-state index contributed by atoms with van der Waals surface area (Å²) in [7, 11) is 0. The van der Waals surface area contributed by atoms with Crippen molar-refractivity contribution >= 4 is 11.9 Å². The summed E-state index contributed by atoms with van der Waals surface area (Å²) < 4.78 is 38.7. The average Bonchev–Trinajstić information content (AvgIpc) is 2.68. The highest BCUT2D eigenvalue weighted by molar-refractivity contribution is 5.91. The van der Waals surface area contributed by atoms with Crippen molar-refractivity contribution in [1.82, 2.24) is 5.32 Å². The van der Waals surface area contributed by atoms with Crippen LogP contribution in [0.1, 0.15) is 22.8 Å². The molecular weight excluding hydrogens is 372 g/mol. The molecule has 1 amide bonds. The van der Waals surface area contributed by atoms with Crippen LogP contribution in [-0.4, -0.2) is 38.2 Å². The van der Waals surface area contributed by atoms with E-state index in [1.807, 2.05) is 6.92 Å². The van der Waals surface area contributed by atoms with Gasteiger partial charge in [0, 0.05) is 6.54 Å². The van der Waals surface area contributed by atoms with Crippen molar-refractivity contribution < 1.29 is 32.6 Å². The van der Waals surface area contributed by atoms with Crippen molar-refractivity contribution in [3.63, 3.8) is 0 Å². The standard InChI is InChI=1S/C20H21F2NO5/c1-2-26-16-9-5-15(6-10-16)19(25)27-13-18(24)23-12-11-14-3-7-17(8-4-14)28-20(21)22/h3-10,20H,2,11-13H2,1H3,(H,23,24). The molecule has 0 fully saturated rings. The third kappa shape index (κ3) is 7.22. The number of amides is 1. The van der Waals surface area contributed by atoms with Gasteiger partial charge in [-0.2, -0.15) is 8.78 Å². The molecule has 0 atom stereocenters. The number of carbonyl (C=O) groups is 2. The summed E-state index contributed by atoms with van der Waals surface area (Å²) >= 11 is 0. The normalized spacial score (nSPS) is 10.4. The van der Waals surface area contributed by atoms with Gasteiger partial charge in [0.25, 0.3) is 5.91 Å². The molecule has 2 aromatic rings. The van der Waals surface area contributed by atoms with Crippen molar-refractivity contribution in [3.8, 4) is 11.5 Å². The smallest absolute Gasteiger partial charge is 0.387 e. The molecule has 0 aromatic heterocycles. The monoisotopic (exact) mass is 393 g/mol. The number of alkyl halides is 2. The van der Waals surface area contributed by atoms with Crippen LogP contribution in [0.2, 0.25) is 0 Å². The van der Waals surface area contributed by atoms with Crippen molar-refractivity contribution in [2.75, 3.05) is 19.8 Å². The van der Waals surface area contributed by atoms with Crippen molar-refractivity contribution in [1.29, 1.82) is 0 Å². The second-order valence-electron chi connectivity index (χ2n) is 5.66. The van der Waals surface area contributed by atoms with Crippen LogP contribution >= 0.6 is 0 Å². The number of nitrogens with one attached hydrogen (secondary N) is 1. The molecule has 0 aliphatic carbocycles. The molecule has 6 nitrogen and oxygen atoms in total. The van der Waals surface area contributed by atoms with Crippen LogP contribution in [0.25, 0.3) is 0 Å². The Labute approximate surface area is 161 Å². The van der Waals surface area contributed by atoms with Gasteiger partial charge in [-0.25, -0.2) is 4.79 Å². The van der Waals surface area contributed by atoms with Crippen LogP contribution in [0.4, 0.5) is 8.78 Å². The quantitative estimate of drug-likeness (QED) is 0.628. The summed E-state index contributed by atoms with van der Waals surface area (Å²) in [4.78, 5) is 23.7. The van der Waals surface area contributed by atoms with Gasteiger partial charge in [0.15, 0.2) is 6.61 Å². The van der Waals surface area contributed by atoms with Crippen LogP contribution in [0.5, 0.6) is 11.5 Å². The van der Waals surface area contributed by atoms with E-state index in [-0.39, 0.29) is 5.75 Å². The molecule has 0 unspecified atom stereocenters. The molecule has 0 heterocycles. The second kappa shape index (κ2) is 10.9. The molecule has 150 valence electrons. The van der Waals surface area contributed by atoms with E-state index in [1.54, 1.807) is 36.4 Å². The fourth-order valence-corrected chi connectivity index (χ4v) is 2.30. The van der Waals surface area contributed by atoms with E-state index < -0.39 is 25.1 Å². The molecule has 2 rings (SSSR count). The Balaban J connectivity index is 1.68. The number of carbonyl (C=O) groups excluding carboxylic acids is 2. The number of esters is 1. The molecule has 0 bridgehead atoms. The first-order valence-electron chi connectivity index (χ1n) is 8.68. The van der Waals surface area contributed by atoms with Crippen molar-refractivity contribution in [3.05, 3.63) is 59.7 Å². The second-order valence-corrected chi connectivity index (χ2v) is 5.66. The lowest BCUT2D eigenvalue weighted by molar-refractivity contribution is -0.124. The number of rotatable bonds is 10. The molecule has 0 aliphatic heterocycles. The minimum atomic E-state index is -2.87. The average molecular weight is 393 g/mol. The number of hydrogen-bond acceptors (Lipinski definition) is 5. The summed E-state index contributed by atoms with van der Waals surface area (Å²) in [5.41, 5.74) is 1.16. The molecule has 2 aromatic carbocycles. The first-order chi connectivity index (χ1) is 13.5. The summed E-state index contributed by atoms with van der Waals surface area (Å²) in [5, 5.41) is 2.62. The summed E-state index contributed by atoms with van der Waals surface area (Å²) in [6.07, 6.45) is 0.494. The number of hydrogen-bond donors (Lipinski definition) is 1. The Morgan fingerprint density at radius 3 is 2.25 bits per heavy atom. The SMILES string of the molecule is CCOc1ccc(C(=O)OCC(=O)NCCc2ccc(OC(F)F)cc2)cc1. The zero-order valence-electron chi connectivity index (χ0n) is 15.3. The van der Waals surface area contributed by atoms with Gasteiger partial charge in [-0.15, -0.1) is 0 Å². The van der Waals surface area contributed by atoms with E-state index in [2.05, 4.69) is 10.1 Å². The highest BCUT2D eigenvalue weighted by atomic mass is 19.3. The zero-order chi connectivity index (χ0) is 20.4. The van der Waals surface area contributed by atoms with E-state index >= 15 is 0 Å². The fraction of sp³-hybridized carbons (Fsp3) is 0.300. The summed E-state index contributed by atoms with van der Waals surface area (Å²) in [6, 6.07) is 12.6. The van der Waals surface area contributed by atoms with Crippen LogP contribution in [0.15, 0.2) is 48.5 Å². The molecule has 1 N–H and O–H groups in total. The first kappa shape index (κ1) is 21.1. The molecular formula is C20H21F2NO5. The largest absolute Gasteiger partial charge is 0.494 e. The lowest BCUT2D eigenvalue weighted by atomic mass is 10.1. The number of halogens is 2. The van der Waals surface area contributed by atoms with E-state index in [9.17, 15) is 18.4 Å². The van der Waals surface area contributed by atoms with Gasteiger partial charge in [-0.1, -0.05) is 12.1 Å². The van der Waals surface area contributed by atoms with E-state index in [1.165, 1.54) is 12.1 Å². The maximum Gasteiger partial charge on any atom is 0.387 e. The molecule has 0 saturated carbocycles. The fourth-order valence-electron chi connectivity index (χ4n) is 2.30. The van der Waals surface area contributed by atoms with Crippen LogP contribution < -0.4 is 14.8 Å². The predicted molar refractivity (Wildman–Crippen MR) is 97.7 cm³/mol. The third-order valence-electron chi connectivity index (χ3n) is 3.62. The lowest BCUT2D eigenvalue weighted by Gasteiger charge is -2.08. The molecule has 8 heteroatoms. The molecule has 28 heavy (non-hydrogen) atoms. The van der Waals surface area contributed by atoms with Crippen LogP contribution in [0, 0.1) is 0 Å². The Kier molecular flexibility index (Phi) is 8.20. The number of benzene rings is 2. The van der Waals surface area contributed by atoms with Gasteiger partial charge in [0.1, 0.15) is 11.5 Å². The maximum absolute atomic E-state index is 12.1. The Hall–Kier alpha value is -3.16. The van der Waals surface area contributed by atoms with Gasteiger partial charge >= 0.3 is 12.6 Å². The highest BCUT2D eigenvalue weighted by Gasteiger charge is 2.10. The molecule has 0 saturated heterocycles. The summed E-state index contributed by atoms with van der Waals surface area (Å²) in [6.45, 7) is -0.563. The van der Waals surface area contributed by atoms with Crippen LogP contribution in [0.3, 0.4) is 0 Å². The lowest BCUT2D eigenvalue weighted by Crippen LogP contribution is -2.30.